The van der Waals surface area contributed by atoms with Crippen molar-refractivity contribution in [3.63, 3.8) is 0 Å². The van der Waals surface area contributed by atoms with Crippen molar-refractivity contribution in [1.29, 1.82) is 0 Å². The molecule has 8 heteroatoms. The van der Waals surface area contributed by atoms with Crippen LogP contribution in [0, 0.1) is 12.7 Å². The molecule has 3 aromatic rings. The summed E-state index contributed by atoms with van der Waals surface area (Å²) >= 11 is 1.23. The lowest BCUT2D eigenvalue weighted by Gasteiger charge is -2.24. The summed E-state index contributed by atoms with van der Waals surface area (Å²) in [6.45, 7) is 3.71. The molecule has 1 aromatic carbocycles. The largest absolute Gasteiger partial charge is 0.488 e. The highest BCUT2D eigenvalue weighted by Gasteiger charge is 2.19. The molecule has 1 fully saturated rings. The summed E-state index contributed by atoms with van der Waals surface area (Å²) < 4.78 is 20.2. The van der Waals surface area contributed by atoms with Gasteiger partial charge in [-0.25, -0.2) is 9.37 Å². The fourth-order valence-electron chi connectivity index (χ4n) is 3.16. The standard InChI is InChI=1S/C21H21FN4O2S/c1-13-2-3-16(22)15(10-13)21-26-18(12-29-21)20(27)25-17-11-24-9-6-19(17)28-14-4-7-23-8-5-14/h2-3,6,9-12,14,23H,4-5,7-8H2,1H3,(H,25,27). The lowest BCUT2D eigenvalue weighted by molar-refractivity contribution is 0.102. The number of halogens is 1. The predicted molar refractivity (Wildman–Crippen MR) is 111 cm³/mol. The van der Waals surface area contributed by atoms with Crippen molar-refractivity contribution < 1.29 is 13.9 Å². The van der Waals surface area contributed by atoms with Crippen molar-refractivity contribution in [2.45, 2.75) is 25.9 Å². The van der Waals surface area contributed by atoms with Crippen LogP contribution in [0.4, 0.5) is 10.1 Å². The monoisotopic (exact) mass is 412 g/mol. The van der Waals surface area contributed by atoms with Crippen molar-refractivity contribution >= 4 is 22.9 Å². The first-order chi connectivity index (χ1) is 14.1. The minimum Gasteiger partial charge on any atom is -0.488 e. The maximum absolute atomic E-state index is 14.1. The second-order valence-corrected chi connectivity index (χ2v) is 7.77. The van der Waals surface area contributed by atoms with E-state index in [1.807, 2.05) is 6.92 Å². The molecule has 0 aliphatic carbocycles. The second-order valence-electron chi connectivity index (χ2n) is 6.91. The molecule has 0 unspecified atom stereocenters. The molecule has 0 bridgehead atoms. The van der Waals surface area contributed by atoms with E-state index in [1.54, 1.807) is 36.0 Å². The number of hydrogen-bond acceptors (Lipinski definition) is 6. The number of pyridine rings is 1. The molecule has 0 radical (unpaired) electrons. The third kappa shape index (κ3) is 4.60. The van der Waals surface area contributed by atoms with Crippen molar-refractivity contribution in [2.75, 3.05) is 18.4 Å². The third-order valence-electron chi connectivity index (χ3n) is 4.70. The highest BCUT2D eigenvalue weighted by Crippen LogP contribution is 2.29. The molecular weight excluding hydrogens is 391 g/mol. The van der Waals surface area contributed by atoms with Crippen LogP contribution in [-0.2, 0) is 0 Å². The molecule has 29 heavy (non-hydrogen) atoms. The van der Waals surface area contributed by atoms with E-state index < -0.39 is 0 Å². The molecule has 6 nitrogen and oxygen atoms in total. The van der Waals surface area contributed by atoms with Gasteiger partial charge in [-0.2, -0.15) is 0 Å². The molecule has 1 aliphatic rings. The van der Waals surface area contributed by atoms with E-state index in [2.05, 4.69) is 20.6 Å². The molecular formula is C21H21FN4O2S. The summed E-state index contributed by atoms with van der Waals surface area (Å²) in [5, 5.41) is 8.20. The number of carbonyl (C=O) groups is 1. The van der Waals surface area contributed by atoms with Gasteiger partial charge in [0.1, 0.15) is 34.1 Å². The smallest absolute Gasteiger partial charge is 0.275 e. The molecule has 4 rings (SSSR count). The number of hydrogen-bond donors (Lipinski definition) is 2. The first-order valence-electron chi connectivity index (χ1n) is 9.45. The maximum Gasteiger partial charge on any atom is 0.275 e. The Hall–Kier alpha value is -2.84. The number of amides is 1. The van der Waals surface area contributed by atoms with Gasteiger partial charge in [0.2, 0.25) is 0 Å². The fourth-order valence-corrected chi connectivity index (χ4v) is 3.98. The molecule has 0 saturated carbocycles. The van der Waals surface area contributed by atoms with Crippen molar-refractivity contribution in [3.05, 3.63) is 59.1 Å². The molecule has 3 heterocycles. The van der Waals surface area contributed by atoms with E-state index in [0.717, 1.165) is 31.5 Å². The number of benzene rings is 1. The van der Waals surface area contributed by atoms with Crippen molar-refractivity contribution in [1.82, 2.24) is 15.3 Å². The summed E-state index contributed by atoms with van der Waals surface area (Å²) in [4.78, 5) is 21.1. The lowest BCUT2D eigenvalue weighted by atomic mass is 10.1. The molecule has 1 saturated heterocycles. The quantitative estimate of drug-likeness (QED) is 0.662. The van der Waals surface area contributed by atoms with Crippen molar-refractivity contribution in [2.24, 2.45) is 0 Å². The zero-order chi connectivity index (χ0) is 20.2. The molecule has 1 aliphatic heterocycles. The second kappa shape index (κ2) is 8.67. The van der Waals surface area contributed by atoms with Crippen LogP contribution in [0.3, 0.4) is 0 Å². The summed E-state index contributed by atoms with van der Waals surface area (Å²) in [6.07, 6.45) is 5.11. The van der Waals surface area contributed by atoms with Gasteiger partial charge in [-0.1, -0.05) is 11.6 Å². The first kappa shape index (κ1) is 19.5. The van der Waals surface area contributed by atoms with Gasteiger partial charge >= 0.3 is 0 Å². The average Bonchev–Trinajstić information content (AvgIpc) is 3.22. The van der Waals surface area contributed by atoms with Gasteiger partial charge in [-0.3, -0.25) is 9.78 Å². The van der Waals surface area contributed by atoms with Gasteiger partial charge in [0.25, 0.3) is 5.91 Å². The highest BCUT2D eigenvalue weighted by molar-refractivity contribution is 7.13. The molecule has 1 amide bonds. The number of aromatic nitrogens is 2. The molecule has 2 aromatic heterocycles. The van der Waals surface area contributed by atoms with Crippen LogP contribution in [0.15, 0.2) is 42.0 Å². The molecule has 2 N–H and O–H groups in total. The van der Waals surface area contributed by atoms with E-state index >= 15 is 0 Å². The van der Waals surface area contributed by atoms with E-state index in [-0.39, 0.29) is 23.5 Å². The van der Waals surface area contributed by atoms with Crippen LogP contribution in [0.2, 0.25) is 0 Å². The normalized spacial score (nSPS) is 14.6. The van der Waals surface area contributed by atoms with Gasteiger partial charge in [-0.05, 0) is 45.0 Å². The number of carbonyl (C=O) groups excluding carboxylic acids is 1. The fraction of sp³-hybridized carbons (Fsp3) is 0.286. The molecule has 0 spiro atoms. The van der Waals surface area contributed by atoms with Gasteiger partial charge in [0, 0.05) is 23.2 Å². The molecule has 150 valence electrons. The zero-order valence-electron chi connectivity index (χ0n) is 15.9. The minimum absolute atomic E-state index is 0.101. The van der Waals surface area contributed by atoms with Gasteiger partial charge in [-0.15, -0.1) is 11.3 Å². The van der Waals surface area contributed by atoms with Crippen LogP contribution < -0.4 is 15.4 Å². The zero-order valence-corrected chi connectivity index (χ0v) is 16.8. The van der Waals surface area contributed by atoms with Crippen LogP contribution in [-0.4, -0.2) is 35.1 Å². The Labute approximate surface area is 172 Å². The minimum atomic E-state index is -0.385. The van der Waals surface area contributed by atoms with Gasteiger partial charge < -0.3 is 15.4 Å². The summed E-state index contributed by atoms with van der Waals surface area (Å²) in [7, 11) is 0. The maximum atomic E-state index is 14.1. The number of ether oxygens (including phenoxy) is 1. The first-order valence-corrected chi connectivity index (χ1v) is 10.3. The Morgan fingerprint density at radius 1 is 1.31 bits per heavy atom. The number of nitrogens with zero attached hydrogens (tertiary/aromatic N) is 2. The topological polar surface area (TPSA) is 76.1 Å². The van der Waals surface area contributed by atoms with Gasteiger partial charge in [0.15, 0.2) is 0 Å². The number of nitrogens with one attached hydrogen (secondary N) is 2. The lowest BCUT2D eigenvalue weighted by Crippen LogP contribution is -2.34. The Morgan fingerprint density at radius 2 is 2.14 bits per heavy atom. The number of anilines is 1. The van der Waals surface area contributed by atoms with Crippen LogP contribution in [0.5, 0.6) is 5.75 Å². The van der Waals surface area contributed by atoms with Gasteiger partial charge in [0.05, 0.1) is 6.20 Å². The average molecular weight is 412 g/mol. The Morgan fingerprint density at radius 3 is 2.97 bits per heavy atom. The third-order valence-corrected chi connectivity index (χ3v) is 5.57. The van der Waals surface area contributed by atoms with Crippen LogP contribution >= 0.6 is 11.3 Å². The van der Waals surface area contributed by atoms with E-state index in [4.69, 9.17) is 4.74 Å². The van der Waals surface area contributed by atoms with E-state index in [9.17, 15) is 9.18 Å². The number of piperidine rings is 1. The number of aryl methyl sites for hydroxylation is 1. The molecule has 0 atom stereocenters. The predicted octanol–water partition coefficient (Wildman–Crippen LogP) is 4.04. The summed E-state index contributed by atoms with van der Waals surface area (Å²) in [6, 6.07) is 6.58. The van der Waals surface area contributed by atoms with Crippen LogP contribution in [0.25, 0.3) is 10.6 Å². The Bertz CT molecular complexity index is 1020. The van der Waals surface area contributed by atoms with Crippen molar-refractivity contribution in [3.8, 4) is 16.3 Å². The van der Waals surface area contributed by atoms with E-state index in [0.29, 0.717) is 22.0 Å². The van der Waals surface area contributed by atoms with Crippen LogP contribution in [0.1, 0.15) is 28.9 Å². The highest BCUT2D eigenvalue weighted by atomic mass is 32.1. The summed E-state index contributed by atoms with van der Waals surface area (Å²) in [5.74, 6) is -0.161. The SMILES string of the molecule is Cc1ccc(F)c(-c2nc(C(=O)Nc3cnccc3OC3CCNCC3)cs2)c1. The Kier molecular flexibility index (Phi) is 5.82. The summed E-state index contributed by atoms with van der Waals surface area (Å²) in [5.41, 5.74) is 2.04. The van der Waals surface area contributed by atoms with E-state index in [1.165, 1.54) is 17.4 Å². The number of rotatable bonds is 5. The number of thiazole rings is 1. The Balaban J connectivity index is 1.50.